The molecular weight excluding hydrogens is 302 g/mol. The highest BCUT2D eigenvalue weighted by Gasteiger charge is 2.05. The van der Waals surface area contributed by atoms with Crippen molar-refractivity contribution in [3.63, 3.8) is 0 Å². The van der Waals surface area contributed by atoms with E-state index in [-0.39, 0.29) is 11.5 Å². The van der Waals surface area contributed by atoms with Crippen molar-refractivity contribution in [3.8, 4) is 0 Å². The van der Waals surface area contributed by atoms with Crippen molar-refractivity contribution >= 4 is 16.8 Å². The van der Waals surface area contributed by atoms with Gasteiger partial charge in [0, 0.05) is 19.4 Å². The quantitative estimate of drug-likeness (QED) is 0.731. The molecule has 1 aromatic heterocycles. The second kappa shape index (κ2) is 7.55. The Labute approximate surface area is 139 Å². The number of H-pyrrole nitrogens is 1. The van der Waals surface area contributed by atoms with Crippen molar-refractivity contribution in [2.24, 2.45) is 0 Å². The molecule has 0 fully saturated rings. The number of hydrogen-bond acceptors (Lipinski definition) is 3. The summed E-state index contributed by atoms with van der Waals surface area (Å²) in [5.41, 5.74) is 1.67. The number of carbonyl (C=O) groups is 1. The smallest absolute Gasteiger partial charge is 0.258 e. The molecule has 1 heterocycles. The summed E-state index contributed by atoms with van der Waals surface area (Å²) in [6.07, 6.45) is 1.67. The molecule has 3 aromatic rings. The van der Waals surface area contributed by atoms with E-state index in [1.54, 1.807) is 6.07 Å². The summed E-state index contributed by atoms with van der Waals surface area (Å²) < 4.78 is 0. The Balaban J connectivity index is 1.51. The van der Waals surface area contributed by atoms with Crippen LogP contribution in [0.2, 0.25) is 0 Å². The van der Waals surface area contributed by atoms with Crippen molar-refractivity contribution in [1.29, 1.82) is 0 Å². The van der Waals surface area contributed by atoms with Crippen LogP contribution in [-0.4, -0.2) is 22.4 Å². The summed E-state index contributed by atoms with van der Waals surface area (Å²) in [5.74, 6) is 0.587. The molecule has 122 valence electrons. The lowest BCUT2D eigenvalue weighted by Gasteiger charge is -2.06. The summed E-state index contributed by atoms with van der Waals surface area (Å²) in [6.45, 7) is 0.453. The minimum Gasteiger partial charge on any atom is -0.356 e. The number of para-hydroxylation sites is 1. The van der Waals surface area contributed by atoms with Gasteiger partial charge in [-0.3, -0.25) is 9.59 Å². The molecule has 0 unspecified atom stereocenters. The second-order valence-electron chi connectivity index (χ2n) is 5.62. The van der Waals surface area contributed by atoms with Crippen molar-refractivity contribution in [2.75, 3.05) is 6.54 Å². The highest BCUT2D eigenvalue weighted by Crippen LogP contribution is 2.06. The minimum atomic E-state index is -0.147. The van der Waals surface area contributed by atoms with E-state index in [9.17, 15) is 9.59 Å². The van der Waals surface area contributed by atoms with Gasteiger partial charge in [-0.2, -0.15) is 0 Å². The van der Waals surface area contributed by atoms with E-state index in [1.165, 1.54) is 0 Å². The van der Waals surface area contributed by atoms with Crippen LogP contribution in [0.1, 0.15) is 17.8 Å². The molecule has 5 heteroatoms. The van der Waals surface area contributed by atoms with Gasteiger partial charge in [0.15, 0.2) is 0 Å². The summed E-state index contributed by atoms with van der Waals surface area (Å²) >= 11 is 0. The number of rotatable bonds is 6. The normalized spacial score (nSPS) is 10.7. The summed E-state index contributed by atoms with van der Waals surface area (Å²) in [5, 5.41) is 3.44. The average Bonchev–Trinajstić information content (AvgIpc) is 2.61. The topological polar surface area (TPSA) is 74.8 Å². The lowest BCUT2D eigenvalue weighted by atomic mass is 10.1. The number of amides is 1. The molecule has 0 saturated heterocycles. The standard InChI is InChI=1S/C19H19N3O2/c23-18(11-10-14-6-2-1-3-7-14)20-13-12-17-21-16-9-5-4-8-15(16)19(24)22-17/h1-9H,10-13H2,(H,20,23)(H,21,22,24). The fourth-order valence-corrected chi connectivity index (χ4v) is 2.56. The van der Waals surface area contributed by atoms with Crippen LogP contribution in [0, 0.1) is 0 Å². The van der Waals surface area contributed by atoms with Crippen molar-refractivity contribution < 1.29 is 4.79 Å². The Morgan fingerprint density at radius 3 is 2.58 bits per heavy atom. The van der Waals surface area contributed by atoms with Gasteiger partial charge < -0.3 is 10.3 Å². The number of aromatic amines is 1. The maximum absolute atomic E-state index is 12.0. The van der Waals surface area contributed by atoms with Crippen LogP contribution < -0.4 is 10.9 Å². The molecule has 0 saturated carbocycles. The molecule has 2 aromatic carbocycles. The van der Waals surface area contributed by atoms with E-state index in [4.69, 9.17) is 0 Å². The fraction of sp³-hybridized carbons (Fsp3) is 0.211. The second-order valence-corrected chi connectivity index (χ2v) is 5.62. The lowest BCUT2D eigenvalue weighted by molar-refractivity contribution is -0.121. The van der Waals surface area contributed by atoms with E-state index < -0.39 is 0 Å². The van der Waals surface area contributed by atoms with E-state index in [1.807, 2.05) is 48.5 Å². The molecule has 0 bridgehead atoms. The third kappa shape index (κ3) is 4.07. The molecule has 1 amide bonds. The number of nitrogens with one attached hydrogen (secondary N) is 2. The fourth-order valence-electron chi connectivity index (χ4n) is 2.56. The minimum absolute atomic E-state index is 0.00184. The molecular formula is C19H19N3O2. The van der Waals surface area contributed by atoms with Crippen molar-refractivity contribution in [3.05, 3.63) is 76.3 Å². The Morgan fingerprint density at radius 2 is 1.75 bits per heavy atom. The largest absolute Gasteiger partial charge is 0.356 e. The molecule has 0 aliphatic heterocycles. The first kappa shape index (κ1) is 15.9. The first-order valence-corrected chi connectivity index (χ1v) is 8.01. The molecule has 0 radical (unpaired) electrons. The van der Waals surface area contributed by atoms with Gasteiger partial charge in [0.1, 0.15) is 5.82 Å². The highest BCUT2D eigenvalue weighted by atomic mass is 16.1. The molecule has 5 nitrogen and oxygen atoms in total. The predicted molar refractivity (Wildman–Crippen MR) is 93.8 cm³/mol. The van der Waals surface area contributed by atoms with Gasteiger partial charge in [0.05, 0.1) is 10.9 Å². The van der Waals surface area contributed by atoms with Gasteiger partial charge in [0.2, 0.25) is 5.91 Å². The van der Waals surface area contributed by atoms with E-state index in [2.05, 4.69) is 15.3 Å². The van der Waals surface area contributed by atoms with E-state index in [0.717, 1.165) is 12.0 Å². The first-order chi connectivity index (χ1) is 11.7. The van der Waals surface area contributed by atoms with Gasteiger partial charge in [0.25, 0.3) is 5.56 Å². The maximum Gasteiger partial charge on any atom is 0.258 e. The van der Waals surface area contributed by atoms with Gasteiger partial charge >= 0.3 is 0 Å². The number of hydrogen-bond donors (Lipinski definition) is 2. The number of carbonyl (C=O) groups excluding carboxylic acids is 1. The zero-order valence-electron chi connectivity index (χ0n) is 13.3. The SMILES string of the molecule is O=C(CCc1ccccc1)NCCc1nc2ccccc2c(=O)[nH]1. The van der Waals surface area contributed by atoms with Crippen molar-refractivity contribution in [1.82, 2.24) is 15.3 Å². The van der Waals surface area contributed by atoms with Gasteiger partial charge in [-0.15, -0.1) is 0 Å². The lowest BCUT2D eigenvalue weighted by Crippen LogP contribution is -2.27. The molecule has 0 spiro atoms. The zero-order valence-corrected chi connectivity index (χ0v) is 13.3. The van der Waals surface area contributed by atoms with Gasteiger partial charge in [-0.1, -0.05) is 42.5 Å². The number of nitrogens with zero attached hydrogens (tertiary/aromatic N) is 1. The third-order valence-corrected chi connectivity index (χ3v) is 3.83. The zero-order chi connectivity index (χ0) is 16.8. The van der Waals surface area contributed by atoms with Crippen molar-refractivity contribution in [2.45, 2.75) is 19.3 Å². The highest BCUT2D eigenvalue weighted by molar-refractivity contribution is 5.77. The Hall–Kier alpha value is -2.95. The molecule has 0 aliphatic rings. The Kier molecular flexibility index (Phi) is 5.01. The predicted octanol–water partition coefficient (Wildman–Crippen LogP) is 2.21. The molecule has 2 N–H and O–H groups in total. The van der Waals surface area contributed by atoms with Crippen LogP contribution in [0.3, 0.4) is 0 Å². The van der Waals surface area contributed by atoms with Crippen LogP contribution in [0.15, 0.2) is 59.4 Å². The van der Waals surface area contributed by atoms with Gasteiger partial charge in [-0.05, 0) is 24.1 Å². The number of aryl methyl sites for hydroxylation is 1. The first-order valence-electron chi connectivity index (χ1n) is 8.01. The average molecular weight is 321 g/mol. The molecule has 3 rings (SSSR count). The van der Waals surface area contributed by atoms with E-state index >= 15 is 0 Å². The summed E-state index contributed by atoms with van der Waals surface area (Å²) in [4.78, 5) is 31.0. The van der Waals surface area contributed by atoms with Crippen LogP contribution >= 0.6 is 0 Å². The number of aromatic nitrogens is 2. The summed E-state index contributed by atoms with van der Waals surface area (Å²) in [7, 11) is 0. The van der Waals surface area contributed by atoms with Crippen LogP contribution in [-0.2, 0) is 17.6 Å². The summed E-state index contributed by atoms with van der Waals surface area (Å²) in [6, 6.07) is 17.1. The van der Waals surface area contributed by atoms with Gasteiger partial charge in [-0.25, -0.2) is 4.98 Å². The number of benzene rings is 2. The molecule has 24 heavy (non-hydrogen) atoms. The third-order valence-electron chi connectivity index (χ3n) is 3.83. The van der Waals surface area contributed by atoms with Crippen LogP contribution in [0.25, 0.3) is 10.9 Å². The maximum atomic E-state index is 12.0. The Bertz CT molecular complexity index is 888. The van der Waals surface area contributed by atoms with Crippen LogP contribution in [0.5, 0.6) is 0 Å². The van der Waals surface area contributed by atoms with Crippen LogP contribution in [0.4, 0.5) is 0 Å². The molecule has 0 aliphatic carbocycles. The molecule has 0 atom stereocenters. The monoisotopic (exact) mass is 321 g/mol. The Morgan fingerprint density at radius 1 is 1.00 bits per heavy atom. The van der Waals surface area contributed by atoms with E-state index in [0.29, 0.717) is 36.1 Å². The number of fused-ring (bicyclic) bond motifs is 1.